The van der Waals surface area contributed by atoms with Crippen LogP contribution in [-0.2, 0) is 22.6 Å². The summed E-state index contributed by atoms with van der Waals surface area (Å²) < 4.78 is 6.67. The van der Waals surface area contributed by atoms with Crippen LogP contribution in [0.5, 0.6) is 5.75 Å². The molecule has 1 aromatic rings. The van der Waals surface area contributed by atoms with Crippen molar-refractivity contribution in [1.82, 2.24) is 10.2 Å². The van der Waals surface area contributed by atoms with Crippen LogP contribution in [0.15, 0.2) is 16.6 Å². The maximum atomic E-state index is 12.2. The van der Waals surface area contributed by atoms with Gasteiger partial charge in [-0.05, 0) is 24.1 Å². The molecule has 112 valence electrons. The number of hydrogen-bond acceptors (Lipinski definition) is 3. The second-order valence-electron chi connectivity index (χ2n) is 5.32. The zero-order valence-corrected chi connectivity index (χ0v) is 13.4. The summed E-state index contributed by atoms with van der Waals surface area (Å²) in [6, 6.07) is 3.62. The molecule has 6 heteroatoms. The Morgan fingerprint density at radius 1 is 1.43 bits per heavy atom. The summed E-state index contributed by atoms with van der Waals surface area (Å²) >= 11 is 3.50. The van der Waals surface area contributed by atoms with Crippen molar-refractivity contribution in [2.24, 2.45) is 0 Å². The number of piperazine rings is 1. The molecule has 21 heavy (non-hydrogen) atoms. The van der Waals surface area contributed by atoms with E-state index in [0.717, 1.165) is 27.8 Å². The predicted molar refractivity (Wildman–Crippen MR) is 81.0 cm³/mol. The van der Waals surface area contributed by atoms with Crippen molar-refractivity contribution in [2.45, 2.75) is 32.4 Å². The van der Waals surface area contributed by atoms with Crippen LogP contribution in [0.2, 0.25) is 0 Å². The highest BCUT2D eigenvalue weighted by atomic mass is 79.9. The maximum absolute atomic E-state index is 12.2. The summed E-state index contributed by atoms with van der Waals surface area (Å²) in [6.07, 6.45) is 1.49. The fourth-order valence-electron chi connectivity index (χ4n) is 2.95. The van der Waals surface area contributed by atoms with Gasteiger partial charge < -0.3 is 15.0 Å². The molecule has 1 aromatic carbocycles. The molecule has 1 atom stereocenters. The number of halogens is 1. The highest BCUT2D eigenvalue weighted by Crippen LogP contribution is 2.34. The zero-order valence-electron chi connectivity index (χ0n) is 11.8. The van der Waals surface area contributed by atoms with Gasteiger partial charge in [0, 0.05) is 16.5 Å². The van der Waals surface area contributed by atoms with Crippen LogP contribution in [-0.4, -0.2) is 35.9 Å². The van der Waals surface area contributed by atoms with Crippen molar-refractivity contribution in [3.63, 3.8) is 0 Å². The van der Waals surface area contributed by atoms with Crippen LogP contribution < -0.4 is 10.1 Å². The fourth-order valence-corrected chi connectivity index (χ4v) is 3.50. The van der Waals surface area contributed by atoms with E-state index in [1.54, 1.807) is 4.90 Å². The van der Waals surface area contributed by atoms with E-state index >= 15 is 0 Å². The number of hydrogen-bond donors (Lipinski definition) is 1. The van der Waals surface area contributed by atoms with E-state index in [2.05, 4.69) is 21.2 Å². The van der Waals surface area contributed by atoms with Gasteiger partial charge in [-0.3, -0.25) is 9.59 Å². The third kappa shape index (κ3) is 2.64. The summed E-state index contributed by atoms with van der Waals surface area (Å²) in [5.41, 5.74) is 2.11. The first kappa shape index (κ1) is 14.4. The van der Waals surface area contributed by atoms with Crippen LogP contribution in [0.4, 0.5) is 0 Å². The molecule has 2 heterocycles. The average Bonchev–Trinajstić information content (AvgIpc) is 2.91. The highest BCUT2D eigenvalue weighted by molar-refractivity contribution is 9.10. The highest BCUT2D eigenvalue weighted by Gasteiger charge is 2.34. The lowest BCUT2D eigenvalue weighted by Gasteiger charge is -2.34. The molecule has 2 aliphatic rings. The predicted octanol–water partition coefficient (Wildman–Crippen LogP) is 1.62. The topological polar surface area (TPSA) is 58.6 Å². The molecule has 2 amide bonds. The van der Waals surface area contributed by atoms with Gasteiger partial charge >= 0.3 is 0 Å². The number of rotatable bonds is 3. The van der Waals surface area contributed by atoms with E-state index in [-0.39, 0.29) is 18.4 Å². The third-order valence-corrected chi connectivity index (χ3v) is 4.42. The minimum absolute atomic E-state index is 0.0480. The lowest BCUT2D eigenvalue weighted by atomic mass is 10.0. The maximum Gasteiger partial charge on any atom is 0.243 e. The quantitative estimate of drug-likeness (QED) is 0.899. The number of benzene rings is 1. The van der Waals surface area contributed by atoms with Crippen LogP contribution in [0.3, 0.4) is 0 Å². The Hall–Kier alpha value is -1.56. The minimum atomic E-state index is -0.401. The van der Waals surface area contributed by atoms with Crippen molar-refractivity contribution >= 4 is 27.7 Å². The van der Waals surface area contributed by atoms with Gasteiger partial charge in [0.1, 0.15) is 11.8 Å². The first-order valence-corrected chi connectivity index (χ1v) is 7.90. The Morgan fingerprint density at radius 2 is 2.24 bits per heavy atom. The van der Waals surface area contributed by atoms with Gasteiger partial charge in [-0.15, -0.1) is 0 Å². The number of carbonyl (C=O) groups excluding carboxylic acids is 2. The molecule has 0 spiro atoms. The molecule has 0 radical (unpaired) electrons. The monoisotopic (exact) mass is 352 g/mol. The van der Waals surface area contributed by atoms with E-state index in [0.29, 0.717) is 19.6 Å². The fraction of sp³-hybridized carbons (Fsp3) is 0.467. The second-order valence-corrected chi connectivity index (χ2v) is 6.23. The Morgan fingerprint density at radius 3 is 3.00 bits per heavy atom. The molecule has 1 N–H and O–H groups in total. The number of ether oxygens (including phenoxy) is 1. The summed E-state index contributed by atoms with van der Waals surface area (Å²) in [7, 11) is 0. The number of nitrogens with zero attached hydrogens (tertiary/aromatic N) is 1. The van der Waals surface area contributed by atoms with E-state index in [1.165, 1.54) is 0 Å². The molecule has 0 aromatic heterocycles. The van der Waals surface area contributed by atoms with E-state index in [1.807, 2.05) is 19.1 Å². The van der Waals surface area contributed by atoms with Crippen LogP contribution in [0, 0.1) is 0 Å². The number of amides is 2. The normalized spacial score (nSPS) is 21.0. The van der Waals surface area contributed by atoms with Crippen molar-refractivity contribution in [3.8, 4) is 5.75 Å². The summed E-state index contributed by atoms with van der Waals surface area (Å²) in [4.78, 5) is 25.7. The average molecular weight is 353 g/mol. The standard InChI is InChI=1S/C15H17BrN2O3/c1-2-12-15(20)17-7-13(19)18(12)8-10-6-11(16)5-9-3-4-21-14(9)10/h5-6,12H,2-4,7-8H2,1H3,(H,17,20). The van der Waals surface area contributed by atoms with Crippen LogP contribution >= 0.6 is 15.9 Å². The van der Waals surface area contributed by atoms with Gasteiger partial charge in [-0.2, -0.15) is 0 Å². The number of nitrogens with one attached hydrogen (secondary N) is 1. The van der Waals surface area contributed by atoms with Crippen LogP contribution in [0.25, 0.3) is 0 Å². The van der Waals surface area contributed by atoms with Gasteiger partial charge in [0.05, 0.1) is 19.7 Å². The first-order valence-electron chi connectivity index (χ1n) is 7.11. The van der Waals surface area contributed by atoms with Gasteiger partial charge in [0.15, 0.2) is 0 Å². The number of fused-ring (bicyclic) bond motifs is 1. The molecule has 0 saturated carbocycles. The number of carbonyl (C=O) groups is 2. The van der Waals surface area contributed by atoms with E-state index in [4.69, 9.17) is 4.74 Å². The molecule has 5 nitrogen and oxygen atoms in total. The zero-order chi connectivity index (χ0) is 15.0. The van der Waals surface area contributed by atoms with Crippen molar-refractivity contribution < 1.29 is 14.3 Å². The molecule has 2 aliphatic heterocycles. The Bertz CT molecular complexity index is 603. The Balaban J connectivity index is 1.92. The molecule has 1 unspecified atom stereocenters. The Kier molecular flexibility index (Phi) is 3.89. The van der Waals surface area contributed by atoms with E-state index in [9.17, 15) is 9.59 Å². The molecule has 3 rings (SSSR count). The third-order valence-electron chi connectivity index (χ3n) is 3.97. The van der Waals surface area contributed by atoms with Gasteiger partial charge in [0.25, 0.3) is 0 Å². The second kappa shape index (κ2) is 5.67. The largest absolute Gasteiger partial charge is 0.493 e. The molecular formula is C15H17BrN2O3. The summed E-state index contributed by atoms with van der Waals surface area (Å²) in [6.45, 7) is 3.07. The lowest BCUT2D eigenvalue weighted by Crippen LogP contribution is -2.57. The molecule has 0 aliphatic carbocycles. The lowest BCUT2D eigenvalue weighted by molar-refractivity contribution is -0.146. The smallest absolute Gasteiger partial charge is 0.243 e. The first-order chi connectivity index (χ1) is 10.1. The molecule has 1 fully saturated rings. The van der Waals surface area contributed by atoms with Crippen molar-refractivity contribution in [2.75, 3.05) is 13.2 Å². The minimum Gasteiger partial charge on any atom is -0.493 e. The van der Waals surface area contributed by atoms with Gasteiger partial charge in [0.2, 0.25) is 11.8 Å². The Labute approximate surface area is 131 Å². The summed E-state index contributed by atoms with van der Waals surface area (Å²) in [5, 5.41) is 2.64. The molecular weight excluding hydrogens is 336 g/mol. The van der Waals surface area contributed by atoms with Crippen molar-refractivity contribution in [3.05, 3.63) is 27.7 Å². The molecule has 0 bridgehead atoms. The SMILES string of the molecule is CCC1C(=O)NCC(=O)N1Cc1cc(Br)cc2c1OCC2. The van der Waals surface area contributed by atoms with Gasteiger partial charge in [-0.1, -0.05) is 22.9 Å². The van der Waals surface area contributed by atoms with Gasteiger partial charge in [-0.25, -0.2) is 0 Å². The summed E-state index contributed by atoms with van der Waals surface area (Å²) in [5.74, 6) is 0.740. The van der Waals surface area contributed by atoms with E-state index < -0.39 is 6.04 Å². The van der Waals surface area contributed by atoms with Crippen molar-refractivity contribution in [1.29, 1.82) is 0 Å². The molecule has 1 saturated heterocycles. The van der Waals surface area contributed by atoms with Crippen LogP contribution in [0.1, 0.15) is 24.5 Å².